The molecule has 2 aromatic carbocycles. The fraction of sp³-hybridized carbons (Fsp3) is 0.111. The average Bonchev–Trinajstić information content (AvgIpc) is 2.52. The van der Waals surface area contributed by atoms with Crippen molar-refractivity contribution in [2.45, 2.75) is 6.92 Å². The summed E-state index contributed by atoms with van der Waals surface area (Å²) in [5.41, 5.74) is 13.8. The van der Waals surface area contributed by atoms with Gasteiger partial charge in [0.05, 0.1) is 5.69 Å². The maximum atomic E-state index is 12.7. The number of nitrogen functional groups attached to an aromatic ring is 1. The number of hydrogen-bond donors (Lipinski definition) is 2. The van der Waals surface area contributed by atoms with Crippen molar-refractivity contribution in [1.82, 2.24) is 0 Å². The SMILES string of the molecule is Cc1cccc(/C=C2/Oc3ccc(N)cc3N(CC(N)=O)C2=O)c1. The summed E-state index contributed by atoms with van der Waals surface area (Å²) in [7, 11) is 0. The summed E-state index contributed by atoms with van der Waals surface area (Å²) in [6, 6.07) is 12.6. The van der Waals surface area contributed by atoms with Crippen LogP contribution in [-0.4, -0.2) is 18.4 Å². The molecule has 0 saturated carbocycles. The highest BCUT2D eigenvalue weighted by Gasteiger charge is 2.31. The molecule has 0 atom stereocenters. The average molecular weight is 323 g/mol. The maximum absolute atomic E-state index is 12.7. The monoisotopic (exact) mass is 323 g/mol. The van der Waals surface area contributed by atoms with Crippen LogP contribution in [0.3, 0.4) is 0 Å². The number of fused-ring (bicyclic) bond motifs is 1. The van der Waals surface area contributed by atoms with E-state index in [1.54, 1.807) is 24.3 Å². The molecule has 0 unspecified atom stereocenters. The first kappa shape index (κ1) is 15.6. The van der Waals surface area contributed by atoms with Gasteiger partial charge in [0.25, 0.3) is 5.91 Å². The molecular weight excluding hydrogens is 306 g/mol. The van der Waals surface area contributed by atoms with E-state index in [-0.39, 0.29) is 12.3 Å². The van der Waals surface area contributed by atoms with Gasteiger partial charge in [0.15, 0.2) is 11.5 Å². The van der Waals surface area contributed by atoms with Crippen molar-refractivity contribution in [3.63, 3.8) is 0 Å². The van der Waals surface area contributed by atoms with E-state index in [1.165, 1.54) is 4.90 Å². The second-order valence-corrected chi connectivity index (χ2v) is 5.61. The molecular formula is C18H17N3O3. The predicted octanol–water partition coefficient (Wildman–Crippen LogP) is 1.83. The maximum Gasteiger partial charge on any atom is 0.294 e. The van der Waals surface area contributed by atoms with E-state index in [9.17, 15) is 9.59 Å². The van der Waals surface area contributed by atoms with Crippen LogP contribution in [0.5, 0.6) is 5.75 Å². The van der Waals surface area contributed by atoms with E-state index in [2.05, 4.69) is 0 Å². The Bertz CT molecular complexity index is 858. The number of hydrogen-bond acceptors (Lipinski definition) is 4. The van der Waals surface area contributed by atoms with E-state index in [0.717, 1.165) is 11.1 Å². The van der Waals surface area contributed by atoms with Gasteiger partial charge in [-0.3, -0.25) is 14.5 Å². The van der Waals surface area contributed by atoms with Crippen LogP contribution in [0.15, 0.2) is 48.2 Å². The number of anilines is 2. The summed E-state index contributed by atoms with van der Waals surface area (Å²) in [4.78, 5) is 25.3. The molecule has 2 aromatic rings. The highest BCUT2D eigenvalue weighted by atomic mass is 16.5. The Morgan fingerprint density at radius 3 is 2.75 bits per heavy atom. The fourth-order valence-corrected chi connectivity index (χ4v) is 2.55. The van der Waals surface area contributed by atoms with E-state index < -0.39 is 11.8 Å². The van der Waals surface area contributed by atoms with Crippen LogP contribution in [0.25, 0.3) is 6.08 Å². The zero-order valence-corrected chi connectivity index (χ0v) is 13.2. The second-order valence-electron chi connectivity index (χ2n) is 5.61. The van der Waals surface area contributed by atoms with Gasteiger partial charge in [0, 0.05) is 5.69 Å². The van der Waals surface area contributed by atoms with E-state index in [1.807, 2.05) is 31.2 Å². The molecule has 6 heteroatoms. The smallest absolute Gasteiger partial charge is 0.294 e. The standard InChI is InChI=1S/C18H17N3O3/c1-11-3-2-4-12(7-11)8-16-18(23)21(10-17(20)22)14-9-13(19)5-6-15(14)24-16/h2-9H,10,19H2,1H3,(H2,20,22)/b16-8+. The lowest BCUT2D eigenvalue weighted by atomic mass is 10.1. The van der Waals surface area contributed by atoms with Gasteiger partial charge in [0.2, 0.25) is 5.91 Å². The molecule has 0 radical (unpaired) electrons. The highest BCUT2D eigenvalue weighted by Crippen LogP contribution is 2.37. The first-order chi connectivity index (χ1) is 11.4. The number of benzene rings is 2. The summed E-state index contributed by atoms with van der Waals surface area (Å²) in [6.07, 6.45) is 1.64. The van der Waals surface area contributed by atoms with Crippen molar-refractivity contribution in [3.8, 4) is 5.75 Å². The van der Waals surface area contributed by atoms with Crippen LogP contribution < -0.4 is 21.1 Å². The Kier molecular flexibility index (Phi) is 3.95. The van der Waals surface area contributed by atoms with Gasteiger partial charge in [-0.2, -0.15) is 0 Å². The molecule has 3 rings (SSSR count). The highest BCUT2D eigenvalue weighted by molar-refractivity contribution is 6.12. The van der Waals surface area contributed by atoms with Crippen LogP contribution in [0, 0.1) is 6.92 Å². The Morgan fingerprint density at radius 1 is 1.25 bits per heavy atom. The molecule has 6 nitrogen and oxygen atoms in total. The van der Waals surface area contributed by atoms with Crippen LogP contribution in [0.4, 0.5) is 11.4 Å². The minimum absolute atomic E-state index is 0.124. The Labute approximate surface area is 139 Å². The van der Waals surface area contributed by atoms with Crippen molar-refractivity contribution in [2.75, 3.05) is 17.2 Å². The minimum Gasteiger partial charge on any atom is -0.449 e. The van der Waals surface area contributed by atoms with E-state index >= 15 is 0 Å². The van der Waals surface area contributed by atoms with Crippen molar-refractivity contribution < 1.29 is 14.3 Å². The van der Waals surface area contributed by atoms with Crippen molar-refractivity contribution >= 4 is 29.3 Å². The van der Waals surface area contributed by atoms with Crippen LogP contribution in [-0.2, 0) is 9.59 Å². The quantitative estimate of drug-likeness (QED) is 0.665. The van der Waals surface area contributed by atoms with Gasteiger partial charge >= 0.3 is 0 Å². The Balaban J connectivity index is 2.06. The number of carbonyl (C=O) groups excluding carboxylic acids is 2. The third-order valence-electron chi connectivity index (χ3n) is 3.60. The lowest BCUT2D eigenvalue weighted by molar-refractivity contribution is -0.121. The molecule has 0 spiro atoms. The van der Waals surface area contributed by atoms with Gasteiger partial charge in [-0.15, -0.1) is 0 Å². The van der Waals surface area contributed by atoms with E-state index in [4.69, 9.17) is 16.2 Å². The molecule has 1 aliphatic heterocycles. The summed E-state index contributed by atoms with van der Waals surface area (Å²) >= 11 is 0. The number of nitrogens with zero attached hydrogens (tertiary/aromatic N) is 1. The van der Waals surface area contributed by atoms with Crippen LogP contribution in [0.2, 0.25) is 0 Å². The van der Waals surface area contributed by atoms with Gasteiger partial charge in [-0.25, -0.2) is 0 Å². The summed E-state index contributed by atoms with van der Waals surface area (Å²) in [6.45, 7) is 1.72. The molecule has 0 aliphatic carbocycles. The number of amides is 2. The second kappa shape index (κ2) is 6.08. The number of ether oxygens (including phenoxy) is 1. The van der Waals surface area contributed by atoms with Gasteiger partial charge < -0.3 is 16.2 Å². The van der Waals surface area contributed by atoms with Crippen molar-refractivity contribution in [2.24, 2.45) is 5.73 Å². The number of carbonyl (C=O) groups is 2. The van der Waals surface area contributed by atoms with Crippen LogP contribution >= 0.6 is 0 Å². The molecule has 24 heavy (non-hydrogen) atoms. The molecule has 4 N–H and O–H groups in total. The molecule has 0 saturated heterocycles. The van der Waals surface area contributed by atoms with Crippen molar-refractivity contribution in [1.29, 1.82) is 0 Å². The zero-order chi connectivity index (χ0) is 17.3. The van der Waals surface area contributed by atoms with Gasteiger partial charge in [0.1, 0.15) is 6.54 Å². The summed E-state index contributed by atoms with van der Waals surface area (Å²) in [5, 5.41) is 0. The number of aryl methyl sites for hydroxylation is 1. The number of primary amides is 1. The normalized spacial score (nSPS) is 15.1. The first-order valence-electron chi connectivity index (χ1n) is 7.40. The van der Waals surface area contributed by atoms with Gasteiger partial charge in [-0.1, -0.05) is 29.8 Å². The Morgan fingerprint density at radius 2 is 2.04 bits per heavy atom. The predicted molar refractivity (Wildman–Crippen MR) is 92.2 cm³/mol. The number of nitrogens with two attached hydrogens (primary N) is 2. The van der Waals surface area contributed by atoms with E-state index in [0.29, 0.717) is 17.1 Å². The largest absolute Gasteiger partial charge is 0.449 e. The van der Waals surface area contributed by atoms with Crippen LogP contribution in [0.1, 0.15) is 11.1 Å². The summed E-state index contributed by atoms with van der Waals surface area (Å²) < 4.78 is 5.72. The third-order valence-corrected chi connectivity index (χ3v) is 3.60. The fourth-order valence-electron chi connectivity index (χ4n) is 2.55. The first-order valence-corrected chi connectivity index (χ1v) is 7.40. The third kappa shape index (κ3) is 3.08. The molecule has 0 fully saturated rings. The van der Waals surface area contributed by atoms with Gasteiger partial charge in [-0.05, 0) is 36.8 Å². The molecule has 0 bridgehead atoms. The number of rotatable bonds is 3. The molecule has 2 amide bonds. The molecule has 1 heterocycles. The molecule has 122 valence electrons. The molecule has 1 aliphatic rings. The summed E-state index contributed by atoms with van der Waals surface area (Å²) in [5.74, 6) is -0.481. The lowest BCUT2D eigenvalue weighted by Crippen LogP contribution is -2.42. The lowest BCUT2D eigenvalue weighted by Gasteiger charge is -2.29. The topological polar surface area (TPSA) is 98.7 Å². The molecule has 0 aromatic heterocycles. The minimum atomic E-state index is -0.617. The Hall–Kier alpha value is -3.28. The van der Waals surface area contributed by atoms with Crippen molar-refractivity contribution in [3.05, 3.63) is 59.4 Å². The zero-order valence-electron chi connectivity index (χ0n) is 13.2.